The van der Waals surface area contributed by atoms with Gasteiger partial charge in [0, 0.05) is 17.7 Å². The zero-order chi connectivity index (χ0) is 18.2. The van der Waals surface area contributed by atoms with Crippen molar-refractivity contribution >= 4 is 17.2 Å². The summed E-state index contributed by atoms with van der Waals surface area (Å²) >= 11 is 1.73. The minimum Gasteiger partial charge on any atom is -0.488 e. The van der Waals surface area contributed by atoms with E-state index in [9.17, 15) is 4.79 Å². The molecule has 6 heteroatoms. The summed E-state index contributed by atoms with van der Waals surface area (Å²) in [6.45, 7) is 1.11. The van der Waals surface area contributed by atoms with Crippen molar-refractivity contribution in [3.63, 3.8) is 0 Å². The number of carbonyl (C=O) groups is 1. The molecule has 1 aliphatic heterocycles. The molecule has 1 saturated heterocycles. The lowest BCUT2D eigenvalue weighted by Crippen LogP contribution is -2.51. The number of ether oxygens (including phenoxy) is 2. The molecular weight excluding hydrogens is 350 g/mol. The number of carbonyl (C=O) groups excluding carboxylic acids is 1. The summed E-state index contributed by atoms with van der Waals surface area (Å²) in [6.07, 6.45) is 2.91. The van der Waals surface area contributed by atoms with Crippen molar-refractivity contribution < 1.29 is 19.4 Å². The van der Waals surface area contributed by atoms with Gasteiger partial charge in [0.15, 0.2) is 0 Å². The van der Waals surface area contributed by atoms with Gasteiger partial charge in [0.1, 0.15) is 11.9 Å². The van der Waals surface area contributed by atoms with Gasteiger partial charge < -0.3 is 19.9 Å². The molecule has 0 saturated carbocycles. The second-order valence-corrected chi connectivity index (χ2v) is 7.46. The molecule has 2 atom stereocenters. The number of aryl methyl sites for hydroxylation is 1. The normalized spacial score (nSPS) is 19.9. The zero-order valence-electron chi connectivity index (χ0n) is 14.7. The van der Waals surface area contributed by atoms with E-state index in [0.29, 0.717) is 19.6 Å². The van der Waals surface area contributed by atoms with Crippen molar-refractivity contribution in [3.05, 3.63) is 52.2 Å². The molecule has 1 aliphatic rings. The van der Waals surface area contributed by atoms with Crippen LogP contribution in [0.15, 0.2) is 41.8 Å². The second kappa shape index (κ2) is 9.71. The van der Waals surface area contributed by atoms with Crippen molar-refractivity contribution in [1.29, 1.82) is 0 Å². The molecule has 26 heavy (non-hydrogen) atoms. The van der Waals surface area contributed by atoms with Crippen LogP contribution in [0.4, 0.5) is 0 Å². The van der Waals surface area contributed by atoms with Gasteiger partial charge in [0.2, 0.25) is 5.91 Å². The highest BCUT2D eigenvalue weighted by Gasteiger charge is 2.28. The highest BCUT2D eigenvalue weighted by atomic mass is 32.1. The Kier molecular flexibility index (Phi) is 7.05. The van der Waals surface area contributed by atoms with Gasteiger partial charge in [-0.1, -0.05) is 18.2 Å². The third kappa shape index (κ3) is 5.56. The van der Waals surface area contributed by atoms with Crippen molar-refractivity contribution in [3.8, 4) is 5.75 Å². The van der Waals surface area contributed by atoms with Crippen LogP contribution >= 0.6 is 11.3 Å². The van der Waals surface area contributed by atoms with Crippen LogP contribution in [0.1, 0.15) is 29.7 Å². The fourth-order valence-corrected chi connectivity index (χ4v) is 3.75. The number of thiophene rings is 1. The Morgan fingerprint density at radius 1 is 1.31 bits per heavy atom. The van der Waals surface area contributed by atoms with Crippen LogP contribution < -0.4 is 10.1 Å². The molecule has 5 nitrogen and oxygen atoms in total. The highest BCUT2D eigenvalue weighted by molar-refractivity contribution is 7.09. The van der Waals surface area contributed by atoms with E-state index < -0.39 is 0 Å². The molecule has 1 aromatic heterocycles. The van der Waals surface area contributed by atoms with Gasteiger partial charge in [0.05, 0.1) is 25.9 Å². The molecule has 1 aromatic carbocycles. The van der Waals surface area contributed by atoms with Crippen molar-refractivity contribution in [2.45, 2.75) is 44.4 Å². The largest absolute Gasteiger partial charge is 0.488 e. The quantitative estimate of drug-likeness (QED) is 0.744. The molecule has 0 bridgehead atoms. The standard InChI is InChI=1S/C20H25NO4S/c22-13-15-6-8-16(9-7-15)25-19-10-11-24-14-18(19)21-20(23)5-1-3-17-4-2-12-26-17/h2,4,6-9,12,18-19,22H,1,3,5,10-11,13-14H2,(H,21,23)/t18-,19-/m1/s1. The van der Waals surface area contributed by atoms with Gasteiger partial charge in [-0.25, -0.2) is 0 Å². The maximum Gasteiger partial charge on any atom is 0.220 e. The Morgan fingerprint density at radius 3 is 2.88 bits per heavy atom. The lowest BCUT2D eigenvalue weighted by atomic mass is 10.1. The maximum absolute atomic E-state index is 12.3. The molecule has 2 aromatic rings. The summed E-state index contributed by atoms with van der Waals surface area (Å²) in [4.78, 5) is 13.6. The third-order valence-corrected chi connectivity index (χ3v) is 5.38. The van der Waals surface area contributed by atoms with E-state index in [4.69, 9.17) is 14.6 Å². The second-order valence-electron chi connectivity index (χ2n) is 6.43. The number of amides is 1. The van der Waals surface area contributed by atoms with Crippen molar-refractivity contribution in [2.24, 2.45) is 0 Å². The minimum absolute atomic E-state index is 0.0156. The Bertz CT molecular complexity index is 672. The van der Waals surface area contributed by atoms with Crippen LogP contribution in [0.25, 0.3) is 0 Å². The molecule has 0 spiro atoms. The number of benzene rings is 1. The number of nitrogens with one attached hydrogen (secondary N) is 1. The summed E-state index contributed by atoms with van der Waals surface area (Å²) in [5, 5.41) is 14.2. The van der Waals surface area contributed by atoms with E-state index >= 15 is 0 Å². The summed E-state index contributed by atoms with van der Waals surface area (Å²) in [6, 6.07) is 11.4. The number of hydrogen-bond acceptors (Lipinski definition) is 5. The summed E-state index contributed by atoms with van der Waals surface area (Å²) in [5.74, 6) is 0.785. The average molecular weight is 375 g/mol. The number of aliphatic hydroxyl groups is 1. The van der Waals surface area contributed by atoms with Crippen LogP contribution in [-0.2, 0) is 22.6 Å². The van der Waals surface area contributed by atoms with E-state index in [0.717, 1.165) is 30.6 Å². The fraction of sp³-hybridized carbons (Fsp3) is 0.450. The summed E-state index contributed by atoms with van der Waals surface area (Å²) < 4.78 is 11.6. The van der Waals surface area contributed by atoms with Crippen molar-refractivity contribution in [1.82, 2.24) is 5.32 Å². The van der Waals surface area contributed by atoms with E-state index in [1.165, 1.54) is 4.88 Å². The van der Waals surface area contributed by atoms with Crippen LogP contribution in [0.2, 0.25) is 0 Å². The first-order valence-electron chi connectivity index (χ1n) is 9.00. The van der Waals surface area contributed by atoms with Gasteiger partial charge >= 0.3 is 0 Å². The summed E-state index contributed by atoms with van der Waals surface area (Å²) in [5.41, 5.74) is 0.847. The van der Waals surface area contributed by atoms with Gasteiger partial charge in [-0.15, -0.1) is 11.3 Å². The Balaban J connectivity index is 1.48. The van der Waals surface area contributed by atoms with E-state index in [1.54, 1.807) is 11.3 Å². The zero-order valence-corrected chi connectivity index (χ0v) is 15.5. The van der Waals surface area contributed by atoms with E-state index in [2.05, 4.69) is 16.8 Å². The fourth-order valence-electron chi connectivity index (χ4n) is 3.00. The van der Waals surface area contributed by atoms with Gasteiger partial charge in [-0.2, -0.15) is 0 Å². The van der Waals surface area contributed by atoms with E-state index in [1.807, 2.05) is 30.3 Å². The minimum atomic E-state index is -0.143. The van der Waals surface area contributed by atoms with Crippen molar-refractivity contribution in [2.75, 3.05) is 13.2 Å². The Morgan fingerprint density at radius 2 is 2.15 bits per heavy atom. The first-order valence-corrected chi connectivity index (χ1v) is 9.88. The molecular formula is C20H25NO4S. The molecule has 0 unspecified atom stereocenters. The smallest absolute Gasteiger partial charge is 0.220 e. The Labute approximate surface area is 158 Å². The lowest BCUT2D eigenvalue weighted by molar-refractivity contribution is -0.124. The molecule has 3 rings (SSSR count). The molecule has 2 N–H and O–H groups in total. The van der Waals surface area contributed by atoms with Crippen LogP contribution in [0, 0.1) is 0 Å². The first-order chi connectivity index (χ1) is 12.7. The maximum atomic E-state index is 12.3. The monoisotopic (exact) mass is 375 g/mol. The average Bonchev–Trinajstić information content (AvgIpc) is 3.17. The lowest BCUT2D eigenvalue weighted by Gasteiger charge is -2.32. The van der Waals surface area contributed by atoms with Gasteiger partial charge in [0.25, 0.3) is 0 Å². The van der Waals surface area contributed by atoms with Crippen LogP contribution in [0.3, 0.4) is 0 Å². The molecule has 0 radical (unpaired) electrons. The molecule has 2 heterocycles. The predicted molar refractivity (Wildman–Crippen MR) is 101 cm³/mol. The van der Waals surface area contributed by atoms with Gasteiger partial charge in [-0.3, -0.25) is 4.79 Å². The number of hydrogen-bond donors (Lipinski definition) is 2. The highest BCUT2D eigenvalue weighted by Crippen LogP contribution is 2.19. The Hall–Kier alpha value is -1.89. The predicted octanol–water partition coefficient (Wildman–Crippen LogP) is 2.92. The molecule has 1 fully saturated rings. The first kappa shape index (κ1) is 18.9. The topological polar surface area (TPSA) is 67.8 Å². The SMILES string of the molecule is O=C(CCCc1cccs1)N[C@@H]1COCC[C@H]1Oc1ccc(CO)cc1. The molecule has 140 valence electrons. The number of rotatable bonds is 8. The van der Waals surface area contributed by atoms with Crippen LogP contribution in [-0.4, -0.2) is 36.4 Å². The number of aliphatic hydroxyl groups excluding tert-OH is 1. The van der Waals surface area contributed by atoms with Gasteiger partial charge in [-0.05, 0) is 42.0 Å². The summed E-state index contributed by atoms with van der Waals surface area (Å²) in [7, 11) is 0. The molecule has 1 amide bonds. The van der Waals surface area contributed by atoms with Crippen LogP contribution in [0.5, 0.6) is 5.75 Å². The third-order valence-electron chi connectivity index (χ3n) is 4.44. The molecule has 0 aliphatic carbocycles. The van der Waals surface area contributed by atoms with E-state index in [-0.39, 0.29) is 24.7 Å².